The average Bonchev–Trinajstić information content (AvgIpc) is 3.32. The Labute approximate surface area is 225 Å². The fraction of sp³-hybridized carbons (Fsp3) is 0.464. The van der Waals surface area contributed by atoms with Crippen LogP contribution in [-0.2, 0) is 25.5 Å². The second-order valence-corrected chi connectivity index (χ2v) is 10.2. The number of aromatic nitrogens is 1. The number of H-pyrrole nitrogens is 1. The highest BCUT2D eigenvalue weighted by molar-refractivity contribution is 6.34. The molecule has 0 radical (unpaired) electrons. The van der Waals surface area contributed by atoms with Gasteiger partial charge in [0.1, 0.15) is 18.0 Å². The molecule has 5 rings (SSSR count). The zero-order valence-electron chi connectivity index (χ0n) is 22.1. The number of hydrogen-bond acceptors (Lipinski definition) is 7. The van der Waals surface area contributed by atoms with Crippen molar-refractivity contribution in [2.24, 2.45) is 0 Å². The summed E-state index contributed by atoms with van der Waals surface area (Å²) in [5, 5.41) is 12.5. The predicted octanol–water partition coefficient (Wildman–Crippen LogP) is 1.97. The molecule has 39 heavy (non-hydrogen) atoms. The van der Waals surface area contributed by atoms with Crippen LogP contribution in [0, 0.1) is 12.7 Å². The third kappa shape index (κ3) is 5.75. The van der Waals surface area contributed by atoms with Gasteiger partial charge >= 0.3 is 5.97 Å². The second kappa shape index (κ2) is 11.3. The number of carbonyl (C=O) groups is 3. The minimum Gasteiger partial charge on any atom is -0.457 e. The Bertz CT molecular complexity index is 1310. The van der Waals surface area contributed by atoms with Gasteiger partial charge in [-0.3, -0.25) is 14.5 Å². The van der Waals surface area contributed by atoms with Crippen LogP contribution in [0.2, 0.25) is 0 Å². The molecule has 2 atom stereocenters. The van der Waals surface area contributed by atoms with Crippen LogP contribution in [0.3, 0.4) is 0 Å². The number of rotatable bonds is 7. The maximum absolute atomic E-state index is 13.9. The summed E-state index contributed by atoms with van der Waals surface area (Å²) >= 11 is 0. The van der Waals surface area contributed by atoms with Crippen LogP contribution in [0.25, 0.3) is 11.6 Å². The maximum Gasteiger partial charge on any atom is 0.335 e. The van der Waals surface area contributed by atoms with Gasteiger partial charge in [-0.25, -0.2) is 9.18 Å². The summed E-state index contributed by atoms with van der Waals surface area (Å²) in [6.45, 7) is 6.81. The minimum absolute atomic E-state index is 0.185. The number of halogens is 1. The normalized spacial score (nSPS) is 20.3. The highest BCUT2D eigenvalue weighted by atomic mass is 19.1. The number of carbonyl (C=O) groups excluding carboxylic acids is 3. The zero-order valence-corrected chi connectivity index (χ0v) is 22.1. The number of fused-ring (bicyclic) bond motifs is 2. The lowest BCUT2D eigenvalue weighted by molar-refractivity contribution is -0.160. The van der Waals surface area contributed by atoms with E-state index in [9.17, 15) is 23.9 Å². The first-order valence-corrected chi connectivity index (χ1v) is 13.2. The summed E-state index contributed by atoms with van der Waals surface area (Å²) < 4.78 is 24.9. The van der Waals surface area contributed by atoms with E-state index < -0.39 is 24.0 Å². The minimum atomic E-state index is -1.27. The number of esters is 1. The van der Waals surface area contributed by atoms with Gasteiger partial charge in [0.15, 0.2) is 0 Å². The summed E-state index contributed by atoms with van der Waals surface area (Å²) in [4.78, 5) is 45.8. The summed E-state index contributed by atoms with van der Waals surface area (Å²) in [5.74, 6) is -1.69. The molecule has 208 valence electrons. The third-order valence-electron chi connectivity index (χ3n) is 7.39. The fourth-order valence-corrected chi connectivity index (χ4v) is 5.34. The molecule has 1 aromatic carbocycles. The molecule has 0 bridgehead atoms. The van der Waals surface area contributed by atoms with Crippen LogP contribution in [0.4, 0.5) is 10.1 Å². The molecule has 0 aliphatic carbocycles. The number of aryl methyl sites for hydroxylation is 1. The molecule has 3 aliphatic rings. The lowest BCUT2D eigenvalue weighted by Gasteiger charge is -2.33. The summed E-state index contributed by atoms with van der Waals surface area (Å²) in [5.41, 5.74) is 3.95. The molecule has 4 heterocycles. The van der Waals surface area contributed by atoms with Crippen LogP contribution in [-0.4, -0.2) is 95.8 Å². The molecule has 3 aliphatic heterocycles. The standard InChI is InChI=1S/C28H33FN4O6/c1-16-24(13-21-20-12-18(29)5-6-22(20)31-26(21)35)30-23-4-3-7-33(27(36)25(16)23)15-19(39-28(37)17(2)34)14-32-8-10-38-11-9-32/h5-6,12-13,17,19,30,34H,3-4,7-11,14-15H2,1-2H3,(H,31,35)/t17?,19-/m1/s1. The molecular weight excluding hydrogens is 507 g/mol. The number of aliphatic hydroxyl groups is 1. The number of nitrogens with zero attached hydrogens (tertiary/aromatic N) is 2. The fourth-order valence-electron chi connectivity index (χ4n) is 5.34. The van der Waals surface area contributed by atoms with Crippen LogP contribution >= 0.6 is 0 Å². The smallest absolute Gasteiger partial charge is 0.335 e. The molecule has 1 aromatic heterocycles. The highest BCUT2D eigenvalue weighted by Gasteiger charge is 2.32. The quantitative estimate of drug-likeness (QED) is 0.362. The number of ether oxygens (including phenoxy) is 2. The largest absolute Gasteiger partial charge is 0.457 e. The molecule has 2 aromatic rings. The molecule has 0 saturated carbocycles. The molecule has 1 unspecified atom stereocenters. The van der Waals surface area contributed by atoms with Crippen LogP contribution < -0.4 is 5.32 Å². The molecule has 1 saturated heterocycles. The Balaban J connectivity index is 1.40. The predicted molar refractivity (Wildman–Crippen MR) is 141 cm³/mol. The average molecular weight is 541 g/mol. The summed E-state index contributed by atoms with van der Waals surface area (Å²) in [6.07, 6.45) is 1.09. The van der Waals surface area contributed by atoms with E-state index in [-0.39, 0.29) is 18.4 Å². The van der Waals surface area contributed by atoms with Crippen molar-refractivity contribution in [2.75, 3.05) is 51.3 Å². The molecule has 2 amide bonds. The van der Waals surface area contributed by atoms with Crippen molar-refractivity contribution in [3.63, 3.8) is 0 Å². The highest BCUT2D eigenvalue weighted by Crippen LogP contribution is 2.35. The van der Waals surface area contributed by atoms with Gasteiger partial charge in [-0.2, -0.15) is 0 Å². The number of amides is 2. The molecule has 11 heteroatoms. The Hall–Kier alpha value is -3.54. The van der Waals surface area contributed by atoms with Gasteiger partial charge in [-0.15, -0.1) is 0 Å². The second-order valence-electron chi connectivity index (χ2n) is 10.2. The zero-order chi connectivity index (χ0) is 27.7. The van der Waals surface area contributed by atoms with Crippen LogP contribution in [0.5, 0.6) is 0 Å². The van der Waals surface area contributed by atoms with E-state index >= 15 is 0 Å². The van der Waals surface area contributed by atoms with Gasteiger partial charge in [0.2, 0.25) is 0 Å². The molecular formula is C28H33FN4O6. The third-order valence-corrected chi connectivity index (χ3v) is 7.39. The van der Waals surface area contributed by atoms with Gasteiger partial charge in [0.25, 0.3) is 11.8 Å². The number of nitrogens with one attached hydrogen (secondary N) is 2. The Morgan fingerprint density at radius 1 is 1.23 bits per heavy atom. The van der Waals surface area contributed by atoms with Crippen LogP contribution in [0.15, 0.2) is 18.2 Å². The Kier molecular flexibility index (Phi) is 7.83. The van der Waals surface area contributed by atoms with Gasteiger partial charge in [0.05, 0.1) is 30.9 Å². The molecule has 10 nitrogen and oxygen atoms in total. The first-order chi connectivity index (χ1) is 18.7. The number of hydrogen-bond donors (Lipinski definition) is 3. The van der Waals surface area contributed by atoms with E-state index in [1.807, 2.05) is 6.92 Å². The SMILES string of the molecule is Cc1c(C=C2C(=O)Nc3ccc(F)cc32)[nH]c2c1C(=O)N(C[C@@H](CN1CCOCC1)OC(=O)C(C)O)CCC2. The number of aromatic amines is 1. The van der Waals surface area contributed by atoms with Crippen molar-refractivity contribution in [3.8, 4) is 0 Å². The van der Waals surface area contributed by atoms with Crippen molar-refractivity contribution in [1.82, 2.24) is 14.8 Å². The van der Waals surface area contributed by atoms with Gasteiger partial charge in [0, 0.05) is 48.8 Å². The van der Waals surface area contributed by atoms with E-state index in [4.69, 9.17) is 9.47 Å². The first kappa shape index (κ1) is 27.0. The lowest BCUT2D eigenvalue weighted by Crippen LogP contribution is -2.48. The van der Waals surface area contributed by atoms with E-state index in [1.54, 1.807) is 11.0 Å². The Morgan fingerprint density at radius 3 is 2.74 bits per heavy atom. The monoisotopic (exact) mass is 540 g/mol. The van der Waals surface area contributed by atoms with Gasteiger partial charge in [-0.1, -0.05) is 0 Å². The van der Waals surface area contributed by atoms with Gasteiger partial charge < -0.3 is 29.8 Å². The number of aliphatic hydroxyl groups excluding tert-OH is 1. The molecule has 0 spiro atoms. The Morgan fingerprint density at radius 2 is 2.00 bits per heavy atom. The summed E-state index contributed by atoms with van der Waals surface area (Å²) in [6, 6.07) is 4.14. The number of benzene rings is 1. The van der Waals surface area contributed by atoms with E-state index in [2.05, 4.69) is 15.2 Å². The summed E-state index contributed by atoms with van der Waals surface area (Å²) in [7, 11) is 0. The van der Waals surface area contributed by atoms with Gasteiger partial charge in [-0.05, 0) is 56.5 Å². The van der Waals surface area contributed by atoms with Crippen molar-refractivity contribution < 1.29 is 33.4 Å². The lowest BCUT2D eigenvalue weighted by atomic mass is 10.0. The van der Waals surface area contributed by atoms with Crippen molar-refractivity contribution in [3.05, 3.63) is 52.1 Å². The molecule has 1 fully saturated rings. The molecule has 3 N–H and O–H groups in total. The van der Waals surface area contributed by atoms with E-state index in [0.717, 1.165) is 5.69 Å². The van der Waals surface area contributed by atoms with Crippen molar-refractivity contribution >= 4 is 35.1 Å². The van der Waals surface area contributed by atoms with Crippen molar-refractivity contribution in [2.45, 2.75) is 38.9 Å². The first-order valence-electron chi connectivity index (χ1n) is 13.2. The maximum atomic E-state index is 13.9. The van der Waals surface area contributed by atoms with Crippen LogP contribution in [0.1, 0.15) is 46.2 Å². The van der Waals surface area contributed by atoms with E-state index in [1.165, 1.54) is 25.1 Å². The number of morpholine rings is 1. The number of anilines is 1. The van der Waals surface area contributed by atoms with E-state index in [0.29, 0.717) is 85.9 Å². The topological polar surface area (TPSA) is 124 Å². The van der Waals surface area contributed by atoms with Crippen molar-refractivity contribution in [1.29, 1.82) is 0 Å².